The van der Waals surface area contributed by atoms with Crippen molar-refractivity contribution in [2.45, 2.75) is 44.9 Å². The lowest BCUT2D eigenvalue weighted by atomic mass is 9.92. The second-order valence-electron chi connectivity index (χ2n) is 9.35. The van der Waals surface area contributed by atoms with E-state index >= 15 is 0 Å². The van der Waals surface area contributed by atoms with Gasteiger partial charge in [-0.15, -0.1) is 0 Å². The van der Waals surface area contributed by atoms with Gasteiger partial charge in [0.25, 0.3) is 0 Å². The Morgan fingerprint density at radius 3 is 1.88 bits per heavy atom. The highest BCUT2D eigenvalue weighted by molar-refractivity contribution is 7.86. The Hall–Kier alpha value is -2.95. The Balaban J connectivity index is 0.000000202. The molecule has 0 saturated heterocycles. The summed E-state index contributed by atoms with van der Waals surface area (Å²) in [5, 5.41) is 1.23. The summed E-state index contributed by atoms with van der Waals surface area (Å²) in [5.74, 6) is 1.57. The van der Waals surface area contributed by atoms with Crippen LogP contribution in [0.2, 0.25) is 0 Å². The fraction of sp³-hybridized carbons (Fsp3) is 0.267. The fourth-order valence-corrected chi connectivity index (χ4v) is 5.03. The summed E-state index contributed by atoms with van der Waals surface area (Å²) in [6.45, 7) is 6.97. The van der Waals surface area contributed by atoms with E-state index in [9.17, 15) is 13.0 Å². The molecule has 0 bridgehead atoms. The Morgan fingerprint density at radius 1 is 0.676 bits per heavy atom. The zero-order chi connectivity index (χ0) is 24.6. The molecule has 1 unspecified atom stereocenters. The predicted octanol–water partition coefficient (Wildman–Crippen LogP) is 7.25. The largest absolute Gasteiger partial charge is 0.744 e. The predicted molar refractivity (Wildman–Crippen MR) is 140 cm³/mol. The third-order valence-electron chi connectivity index (χ3n) is 5.75. The molecule has 0 aliphatic rings. The SMILES string of the molecule is CC(C)CC(C)Cc1ccc(Cc2ccccc2)cc1.O=S(=O)([O-])c1cccc2ccccc12. The summed E-state index contributed by atoms with van der Waals surface area (Å²) >= 11 is 0. The number of rotatable bonds is 7. The topological polar surface area (TPSA) is 57.2 Å². The Morgan fingerprint density at radius 2 is 1.24 bits per heavy atom. The molecule has 4 rings (SSSR count). The maximum absolute atomic E-state index is 10.9. The summed E-state index contributed by atoms with van der Waals surface area (Å²) in [6, 6.07) is 31.4. The first-order valence-electron chi connectivity index (χ1n) is 11.8. The molecule has 3 nitrogen and oxygen atoms in total. The minimum atomic E-state index is -4.38. The first-order valence-corrected chi connectivity index (χ1v) is 13.2. The molecule has 34 heavy (non-hydrogen) atoms. The van der Waals surface area contributed by atoms with Crippen molar-refractivity contribution in [3.05, 3.63) is 114 Å². The Kier molecular flexibility index (Phi) is 9.03. The van der Waals surface area contributed by atoms with Gasteiger partial charge in [0.05, 0.1) is 4.90 Å². The van der Waals surface area contributed by atoms with Gasteiger partial charge in [0.2, 0.25) is 0 Å². The van der Waals surface area contributed by atoms with E-state index in [0.717, 1.165) is 23.6 Å². The summed E-state index contributed by atoms with van der Waals surface area (Å²) in [6.07, 6.45) is 3.54. The molecule has 0 fully saturated rings. The molecule has 1 atom stereocenters. The summed E-state index contributed by atoms with van der Waals surface area (Å²) in [7, 11) is -4.38. The average molecular weight is 474 g/mol. The first kappa shape index (κ1) is 25.7. The van der Waals surface area contributed by atoms with Crippen LogP contribution in [-0.4, -0.2) is 13.0 Å². The van der Waals surface area contributed by atoms with E-state index in [1.807, 2.05) is 0 Å². The van der Waals surface area contributed by atoms with Gasteiger partial charge >= 0.3 is 0 Å². The Bertz CT molecular complexity index is 1270. The highest BCUT2D eigenvalue weighted by atomic mass is 32.2. The summed E-state index contributed by atoms with van der Waals surface area (Å²) in [5.41, 5.74) is 4.25. The van der Waals surface area contributed by atoms with E-state index in [2.05, 4.69) is 75.4 Å². The molecule has 0 radical (unpaired) electrons. The zero-order valence-electron chi connectivity index (χ0n) is 20.1. The van der Waals surface area contributed by atoms with Crippen molar-refractivity contribution in [3.63, 3.8) is 0 Å². The molecule has 0 aliphatic carbocycles. The van der Waals surface area contributed by atoms with Gasteiger partial charge in [-0.1, -0.05) is 112 Å². The lowest BCUT2D eigenvalue weighted by molar-refractivity contribution is 0.437. The molecule has 0 aromatic heterocycles. The van der Waals surface area contributed by atoms with Gasteiger partial charge in [0.15, 0.2) is 0 Å². The fourth-order valence-electron chi connectivity index (χ4n) is 4.33. The lowest BCUT2D eigenvalue weighted by Crippen LogP contribution is -2.03. The number of hydrogen-bond acceptors (Lipinski definition) is 3. The van der Waals surface area contributed by atoms with Gasteiger partial charge in [-0.3, -0.25) is 0 Å². The van der Waals surface area contributed by atoms with Crippen LogP contribution in [0.1, 0.15) is 43.9 Å². The van der Waals surface area contributed by atoms with Gasteiger partial charge in [-0.05, 0) is 64.6 Å². The van der Waals surface area contributed by atoms with E-state index < -0.39 is 10.1 Å². The molecular weight excluding hydrogens is 440 g/mol. The number of fused-ring (bicyclic) bond motifs is 1. The molecule has 0 N–H and O–H groups in total. The van der Waals surface area contributed by atoms with Crippen molar-refractivity contribution in [2.75, 3.05) is 0 Å². The normalized spacial score (nSPS) is 12.3. The quantitative estimate of drug-likeness (QED) is 0.266. The van der Waals surface area contributed by atoms with Gasteiger partial charge in [0.1, 0.15) is 10.1 Å². The van der Waals surface area contributed by atoms with Crippen molar-refractivity contribution >= 4 is 20.9 Å². The standard InChI is InChI=1S/C20H26.C10H8O3S/c1-16(2)13-17(3)14-19-9-11-20(12-10-19)15-18-7-5-4-6-8-18;11-14(12,13)10-7-3-5-8-4-1-2-6-9(8)10/h4-12,16-17H,13-15H2,1-3H3;1-7H,(H,11,12,13)/p-1. The van der Waals surface area contributed by atoms with E-state index in [4.69, 9.17) is 0 Å². The van der Waals surface area contributed by atoms with Gasteiger partial charge in [0, 0.05) is 0 Å². The average Bonchev–Trinajstić information content (AvgIpc) is 2.80. The van der Waals surface area contributed by atoms with Gasteiger partial charge in [-0.2, -0.15) is 0 Å². The minimum absolute atomic E-state index is 0.157. The molecule has 178 valence electrons. The van der Waals surface area contributed by atoms with Gasteiger partial charge < -0.3 is 4.55 Å². The second-order valence-corrected chi connectivity index (χ2v) is 10.7. The lowest BCUT2D eigenvalue weighted by Gasteiger charge is -2.14. The van der Waals surface area contributed by atoms with Crippen LogP contribution < -0.4 is 0 Å². The first-order chi connectivity index (χ1) is 16.2. The highest BCUT2D eigenvalue weighted by Crippen LogP contribution is 2.22. The minimum Gasteiger partial charge on any atom is -0.744 e. The van der Waals surface area contributed by atoms with E-state index in [1.54, 1.807) is 36.4 Å². The second kappa shape index (κ2) is 12.0. The van der Waals surface area contributed by atoms with Gasteiger partial charge in [-0.25, -0.2) is 8.42 Å². The van der Waals surface area contributed by atoms with E-state index in [-0.39, 0.29) is 4.90 Å². The van der Waals surface area contributed by atoms with Crippen LogP contribution in [0.15, 0.2) is 102 Å². The van der Waals surface area contributed by atoms with E-state index in [1.165, 1.54) is 35.6 Å². The number of hydrogen-bond donors (Lipinski definition) is 0. The smallest absolute Gasteiger partial charge is 0.125 e. The molecular formula is C30H33O3S-. The van der Waals surface area contributed by atoms with Crippen LogP contribution in [0.5, 0.6) is 0 Å². The van der Waals surface area contributed by atoms with Crippen LogP contribution in [0.4, 0.5) is 0 Å². The van der Waals surface area contributed by atoms with Crippen molar-refractivity contribution in [1.29, 1.82) is 0 Å². The molecule has 4 aromatic carbocycles. The Labute approximate surface area is 204 Å². The molecule has 0 amide bonds. The maximum atomic E-state index is 10.9. The monoisotopic (exact) mass is 473 g/mol. The van der Waals surface area contributed by atoms with Crippen LogP contribution >= 0.6 is 0 Å². The molecule has 4 heteroatoms. The van der Waals surface area contributed by atoms with Crippen LogP contribution in [-0.2, 0) is 23.0 Å². The third kappa shape index (κ3) is 7.82. The van der Waals surface area contributed by atoms with Crippen LogP contribution in [0.3, 0.4) is 0 Å². The summed E-state index contributed by atoms with van der Waals surface area (Å²) < 4.78 is 32.7. The van der Waals surface area contributed by atoms with Crippen molar-refractivity contribution in [2.24, 2.45) is 11.8 Å². The van der Waals surface area contributed by atoms with Crippen molar-refractivity contribution < 1.29 is 13.0 Å². The highest BCUT2D eigenvalue weighted by Gasteiger charge is 2.07. The third-order valence-corrected chi connectivity index (χ3v) is 6.65. The summed E-state index contributed by atoms with van der Waals surface area (Å²) in [4.78, 5) is -0.157. The molecule has 4 aromatic rings. The molecule has 0 aliphatic heterocycles. The molecule has 0 saturated carbocycles. The van der Waals surface area contributed by atoms with Crippen molar-refractivity contribution in [1.82, 2.24) is 0 Å². The van der Waals surface area contributed by atoms with E-state index in [0.29, 0.717) is 5.39 Å². The van der Waals surface area contributed by atoms with Crippen LogP contribution in [0, 0.1) is 11.8 Å². The zero-order valence-corrected chi connectivity index (χ0v) is 21.0. The van der Waals surface area contributed by atoms with Crippen LogP contribution in [0.25, 0.3) is 10.8 Å². The maximum Gasteiger partial charge on any atom is 0.125 e. The molecule has 0 heterocycles. The van der Waals surface area contributed by atoms with Crippen molar-refractivity contribution in [3.8, 4) is 0 Å². The number of benzene rings is 4. The molecule has 0 spiro atoms.